The fourth-order valence-electron chi connectivity index (χ4n) is 2.69. The number of nitrogens with zero attached hydrogens (tertiary/aromatic N) is 2. The molecule has 3 aromatic rings. The van der Waals surface area contributed by atoms with Crippen molar-refractivity contribution < 1.29 is 10.1 Å². The number of nitrogens with one attached hydrogen (secondary N) is 2. The van der Waals surface area contributed by atoms with Gasteiger partial charge in [-0.25, -0.2) is 4.98 Å². The van der Waals surface area contributed by atoms with Gasteiger partial charge in [0.1, 0.15) is 0 Å². The Morgan fingerprint density at radius 2 is 2.15 bits per heavy atom. The molecule has 0 bridgehead atoms. The second-order valence-electron chi connectivity index (χ2n) is 5.98. The van der Waals surface area contributed by atoms with Gasteiger partial charge in [0.25, 0.3) is 5.56 Å². The predicted molar refractivity (Wildman–Crippen MR) is 100 cm³/mol. The van der Waals surface area contributed by atoms with E-state index in [2.05, 4.69) is 15.0 Å². The quantitative estimate of drug-likeness (QED) is 0.566. The van der Waals surface area contributed by atoms with Crippen molar-refractivity contribution in [1.82, 2.24) is 9.55 Å². The lowest BCUT2D eigenvalue weighted by Gasteiger charge is -2.21. The molecule has 0 saturated carbocycles. The van der Waals surface area contributed by atoms with Crippen LogP contribution in [0.4, 0.5) is 0 Å². The third-order valence-electron chi connectivity index (χ3n) is 3.96. The summed E-state index contributed by atoms with van der Waals surface area (Å²) >= 11 is 5.21. The molecule has 0 fully saturated rings. The molecule has 0 aliphatic carbocycles. The predicted octanol–water partition coefficient (Wildman–Crippen LogP) is 2.02. The van der Waals surface area contributed by atoms with E-state index in [-0.39, 0.29) is 10.3 Å². The fourth-order valence-corrected chi connectivity index (χ4v) is 2.96. The molecule has 0 radical (unpaired) electrons. The van der Waals surface area contributed by atoms with E-state index in [1.807, 2.05) is 50.4 Å². The Hall–Kier alpha value is -3.06. The van der Waals surface area contributed by atoms with Gasteiger partial charge in [-0.1, -0.05) is 17.7 Å². The lowest BCUT2D eigenvalue weighted by Crippen LogP contribution is -2.22. The van der Waals surface area contributed by atoms with Gasteiger partial charge in [-0.3, -0.25) is 14.8 Å². The first-order chi connectivity index (χ1) is 12.5. The van der Waals surface area contributed by atoms with E-state index in [1.54, 1.807) is 6.20 Å². The number of benzene rings is 1. The van der Waals surface area contributed by atoms with E-state index >= 15 is 0 Å². The zero-order valence-corrected chi connectivity index (χ0v) is 15.3. The number of rotatable bonds is 4. The first-order valence-corrected chi connectivity index (χ1v) is 8.47. The molecular formula is C19H18N4O2S. The summed E-state index contributed by atoms with van der Waals surface area (Å²) < 4.78 is 1.41. The molecule has 1 aromatic carbocycles. The summed E-state index contributed by atoms with van der Waals surface area (Å²) in [5.74, 6) is -0.478. The highest BCUT2D eigenvalue weighted by atomic mass is 32.1. The van der Waals surface area contributed by atoms with Crippen LogP contribution in [0.5, 0.6) is 5.88 Å². The zero-order valence-electron chi connectivity index (χ0n) is 14.4. The van der Waals surface area contributed by atoms with Crippen LogP contribution in [0, 0.1) is 18.6 Å². The number of aliphatic imine (C=N–C) groups is 1. The highest BCUT2D eigenvalue weighted by Gasteiger charge is 2.08. The van der Waals surface area contributed by atoms with Crippen LogP contribution in [0.2, 0.25) is 0 Å². The number of H-pyrrole nitrogens is 2. The number of aromatic amines is 2. The number of hydrogen-bond acceptors (Lipinski definition) is 4. The minimum absolute atomic E-state index is 0.0431. The molecular weight excluding hydrogens is 348 g/mol. The normalized spacial score (nSPS) is 11.2. The van der Waals surface area contributed by atoms with Gasteiger partial charge < -0.3 is 9.67 Å². The van der Waals surface area contributed by atoms with Crippen LogP contribution in [0.3, 0.4) is 0 Å². The maximum Gasteiger partial charge on any atom is 0.259 e. The van der Waals surface area contributed by atoms with E-state index in [0.717, 1.165) is 16.7 Å². The molecule has 2 N–H and O–H groups in total. The summed E-state index contributed by atoms with van der Waals surface area (Å²) in [4.78, 5) is 21.9. The number of hydrogen-bond donors (Lipinski definition) is 1. The molecule has 3 rings (SSSR count). The first-order valence-electron chi connectivity index (χ1n) is 8.06. The molecule has 26 heavy (non-hydrogen) atoms. The molecule has 2 aromatic heterocycles. The molecule has 2 heterocycles. The molecule has 0 amide bonds. The number of aryl methyl sites for hydroxylation is 2. The van der Waals surface area contributed by atoms with Crippen LogP contribution >= 0.6 is 12.2 Å². The van der Waals surface area contributed by atoms with Crippen molar-refractivity contribution in [2.24, 2.45) is 4.99 Å². The summed E-state index contributed by atoms with van der Waals surface area (Å²) in [6.07, 6.45) is 4.91. The molecule has 0 unspecified atom stereocenters. The zero-order chi connectivity index (χ0) is 18.7. The molecule has 0 aliphatic heterocycles. The largest absolute Gasteiger partial charge is 0.859 e. The summed E-state index contributed by atoms with van der Waals surface area (Å²) in [6.45, 7) is 4.23. The summed E-state index contributed by atoms with van der Waals surface area (Å²) in [5, 5.41) is 12.9. The minimum atomic E-state index is -0.538. The Balaban J connectivity index is 2.04. The second kappa shape index (κ2) is 7.45. The lowest BCUT2D eigenvalue weighted by atomic mass is 10.1. The third kappa shape index (κ3) is 3.62. The van der Waals surface area contributed by atoms with E-state index in [0.29, 0.717) is 12.2 Å². The van der Waals surface area contributed by atoms with Gasteiger partial charge >= 0.3 is 0 Å². The highest BCUT2D eigenvalue weighted by molar-refractivity contribution is 7.71. The maximum absolute atomic E-state index is 12.9. The number of pyridine rings is 1. The smallest absolute Gasteiger partial charge is 0.259 e. The van der Waals surface area contributed by atoms with Crippen LogP contribution in [-0.2, 0) is 6.54 Å². The molecule has 0 aliphatic rings. The Kier molecular flexibility index (Phi) is 5.09. The van der Waals surface area contributed by atoms with Crippen LogP contribution in [0.1, 0.15) is 22.3 Å². The average Bonchev–Trinajstić information content (AvgIpc) is 2.60. The Morgan fingerprint density at radius 3 is 2.85 bits per heavy atom. The topological polar surface area (TPSA) is 87.3 Å². The van der Waals surface area contributed by atoms with Gasteiger partial charge in [0, 0.05) is 23.5 Å². The fraction of sp³-hybridized carbons (Fsp3) is 0.158. The summed E-state index contributed by atoms with van der Waals surface area (Å²) in [6, 6.07) is 9.44. The summed E-state index contributed by atoms with van der Waals surface area (Å²) in [5.41, 5.74) is 2.98. The van der Waals surface area contributed by atoms with Gasteiger partial charge in [-0.05, 0) is 49.6 Å². The maximum atomic E-state index is 12.9. The Labute approximate surface area is 155 Å². The molecule has 7 heteroatoms. The molecule has 0 saturated heterocycles. The SMILES string of the molecule is Cc1ccc(-n2c([O-])c(C=NCc3ccc[nH+]c3)c(=O)[nH]c2=S)c(C)c1. The average molecular weight is 366 g/mol. The van der Waals surface area contributed by atoms with E-state index < -0.39 is 11.4 Å². The standard InChI is InChI=1S/C19H18N4O2S/c1-12-5-6-16(13(2)8-12)23-18(25)15(17(24)22-19(23)26)11-21-10-14-4-3-7-20-9-14/h3-9,11,25H,10H2,1-2H3,(H,22,24,26). The third-order valence-corrected chi connectivity index (χ3v) is 4.25. The van der Waals surface area contributed by atoms with Gasteiger partial charge in [0.05, 0.1) is 12.1 Å². The molecule has 0 spiro atoms. The van der Waals surface area contributed by atoms with Crippen molar-refractivity contribution in [3.8, 4) is 11.6 Å². The van der Waals surface area contributed by atoms with Crippen molar-refractivity contribution in [2.45, 2.75) is 20.4 Å². The van der Waals surface area contributed by atoms with Crippen LogP contribution in [0.15, 0.2) is 52.5 Å². The molecule has 0 atom stereocenters. The van der Waals surface area contributed by atoms with Crippen molar-refractivity contribution in [1.29, 1.82) is 0 Å². The second-order valence-corrected chi connectivity index (χ2v) is 6.37. The van der Waals surface area contributed by atoms with Gasteiger partial charge in [0.2, 0.25) is 0 Å². The summed E-state index contributed by atoms with van der Waals surface area (Å²) in [7, 11) is 0. The van der Waals surface area contributed by atoms with Crippen molar-refractivity contribution in [3.05, 3.63) is 80.1 Å². The molecule has 132 valence electrons. The van der Waals surface area contributed by atoms with Gasteiger partial charge in [-0.15, -0.1) is 0 Å². The monoisotopic (exact) mass is 366 g/mol. The minimum Gasteiger partial charge on any atom is -0.859 e. The van der Waals surface area contributed by atoms with Crippen LogP contribution in [-0.4, -0.2) is 15.8 Å². The van der Waals surface area contributed by atoms with Gasteiger partial charge in [-0.2, -0.15) is 0 Å². The first kappa shape index (κ1) is 17.8. The number of aromatic nitrogens is 3. The van der Waals surface area contributed by atoms with Crippen LogP contribution < -0.4 is 15.6 Å². The van der Waals surface area contributed by atoms with Crippen molar-refractivity contribution in [3.63, 3.8) is 0 Å². The Bertz CT molecular complexity index is 1080. The van der Waals surface area contributed by atoms with Crippen LogP contribution in [0.25, 0.3) is 5.69 Å². The van der Waals surface area contributed by atoms with Gasteiger partial charge in [0.15, 0.2) is 17.2 Å². The van der Waals surface area contributed by atoms with E-state index in [4.69, 9.17) is 12.2 Å². The Morgan fingerprint density at radius 1 is 1.35 bits per heavy atom. The van der Waals surface area contributed by atoms with Crippen molar-refractivity contribution >= 4 is 18.4 Å². The molecule has 6 nitrogen and oxygen atoms in total. The lowest BCUT2D eigenvalue weighted by molar-refractivity contribution is -0.378. The highest BCUT2D eigenvalue weighted by Crippen LogP contribution is 2.20. The van der Waals surface area contributed by atoms with E-state index in [1.165, 1.54) is 10.8 Å². The van der Waals surface area contributed by atoms with E-state index in [9.17, 15) is 9.90 Å². The van der Waals surface area contributed by atoms with Crippen molar-refractivity contribution in [2.75, 3.05) is 0 Å².